The molecule has 3 N–H and O–H groups in total. The number of aliphatic hydroxyl groups is 1. The molecule has 18 heavy (non-hydrogen) atoms. The number of hydrogen-bond donors (Lipinski definition) is 2. The quantitative estimate of drug-likeness (QED) is 0.775. The first-order valence-electron chi connectivity index (χ1n) is 6.25. The minimum atomic E-state index is -0.626. The van der Waals surface area contributed by atoms with Crippen LogP contribution in [-0.2, 0) is 11.3 Å². The summed E-state index contributed by atoms with van der Waals surface area (Å²) in [5.41, 5.74) is 7.75. The Kier molecular flexibility index (Phi) is 6.12. The van der Waals surface area contributed by atoms with E-state index in [2.05, 4.69) is 0 Å². The molecule has 0 aliphatic heterocycles. The van der Waals surface area contributed by atoms with Crippen molar-refractivity contribution in [2.24, 2.45) is 5.73 Å². The summed E-state index contributed by atoms with van der Waals surface area (Å²) in [6.07, 6.45) is -0.516. The van der Waals surface area contributed by atoms with Crippen molar-refractivity contribution in [3.63, 3.8) is 0 Å². The molecule has 102 valence electrons. The van der Waals surface area contributed by atoms with E-state index >= 15 is 0 Å². The maximum atomic E-state index is 9.70. The number of aryl methyl sites for hydroxylation is 1. The van der Waals surface area contributed by atoms with Gasteiger partial charge in [-0.15, -0.1) is 0 Å². The fourth-order valence-corrected chi connectivity index (χ4v) is 1.55. The van der Waals surface area contributed by atoms with Gasteiger partial charge >= 0.3 is 0 Å². The van der Waals surface area contributed by atoms with Gasteiger partial charge in [0, 0.05) is 12.1 Å². The highest BCUT2D eigenvalue weighted by molar-refractivity contribution is 5.36. The second kappa shape index (κ2) is 7.36. The third-order valence-electron chi connectivity index (χ3n) is 2.49. The van der Waals surface area contributed by atoms with Gasteiger partial charge in [-0.2, -0.15) is 0 Å². The highest BCUT2D eigenvalue weighted by atomic mass is 16.5. The standard InChI is InChI=1S/C14H23NO3/c1-10(2)17-8-13(16)9-18-14-5-4-11(3)6-12(14)7-15/h4-6,10,13,16H,7-9,15H2,1-3H3. The molecule has 4 heteroatoms. The first kappa shape index (κ1) is 15.0. The van der Waals surface area contributed by atoms with Crippen LogP contribution >= 0.6 is 0 Å². The molecule has 0 aliphatic carbocycles. The molecular formula is C14H23NO3. The van der Waals surface area contributed by atoms with Crippen LogP contribution in [0.5, 0.6) is 5.75 Å². The first-order chi connectivity index (χ1) is 8.52. The van der Waals surface area contributed by atoms with E-state index in [0.717, 1.165) is 16.9 Å². The molecule has 1 rings (SSSR count). The Hall–Kier alpha value is -1.10. The van der Waals surface area contributed by atoms with Gasteiger partial charge in [0.25, 0.3) is 0 Å². The predicted octanol–water partition coefficient (Wildman–Crippen LogP) is 1.62. The average molecular weight is 253 g/mol. The summed E-state index contributed by atoms with van der Waals surface area (Å²) in [6.45, 7) is 6.79. The van der Waals surface area contributed by atoms with E-state index in [-0.39, 0.29) is 19.3 Å². The van der Waals surface area contributed by atoms with Crippen molar-refractivity contribution in [1.82, 2.24) is 0 Å². The minimum absolute atomic E-state index is 0.110. The topological polar surface area (TPSA) is 64.7 Å². The summed E-state index contributed by atoms with van der Waals surface area (Å²) in [7, 11) is 0. The van der Waals surface area contributed by atoms with E-state index in [1.807, 2.05) is 39.0 Å². The second-order valence-electron chi connectivity index (χ2n) is 4.66. The second-order valence-corrected chi connectivity index (χ2v) is 4.66. The molecule has 0 aromatic heterocycles. The number of nitrogens with two attached hydrogens (primary N) is 1. The summed E-state index contributed by atoms with van der Waals surface area (Å²) in [6, 6.07) is 5.84. The van der Waals surface area contributed by atoms with Crippen LogP contribution in [0.3, 0.4) is 0 Å². The molecule has 0 spiro atoms. The maximum Gasteiger partial charge on any atom is 0.123 e. The van der Waals surface area contributed by atoms with Gasteiger partial charge in [-0.1, -0.05) is 17.7 Å². The molecule has 0 saturated heterocycles. The van der Waals surface area contributed by atoms with Gasteiger partial charge in [-0.3, -0.25) is 0 Å². The molecule has 0 heterocycles. The molecule has 1 atom stereocenters. The lowest BCUT2D eigenvalue weighted by Gasteiger charge is -2.16. The van der Waals surface area contributed by atoms with Gasteiger partial charge in [0.15, 0.2) is 0 Å². The van der Waals surface area contributed by atoms with Crippen LogP contribution in [0.15, 0.2) is 18.2 Å². The zero-order chi connectivity index (χ0) is 13.5. The third-order valence-corrected chi connectivity index (χ3v) is 2.49. The number of ether oxygens (including phenoxy) is 2. The van der Waals surface area contributed by atoms with E-state index in [1.54, 1.807) is 0 Å². The van der Waals surface area contributed by atoms with E-state index in [9.17, 15) is 5.11 Å². The summed E-state index contributed by atoms with van der Waals surface area (Å²) in [4.78, 5) is 0. The average Bonchev–Trinajstić information content (AvgIpc) is 2.34. The lowest BCUT2D eigenvalue weighted by molar-refractivity contribution is -0.0124. The SMILES string of the molecule is Cc1ccc(OCC(O)COC(C)C)c(CN)c1. The van der Waals surface area contributed by atoms with E-state index in [1.165, 1.54) is 0 Å². The smallest absolute Gasteiger partial charge is 0.123 e. The van der Waals surface area contributed by atoms with Crippen molar-refractivity contribution in [3.05, 3.63) is 29.3 Å². The highest BCUT2D eigenvalue weighted by Gasteiger charge is 2.09. The largest absolute Gasteiger partial charge is 0.490 e. The molecule has 1 unspecified atom stereocenters. The highest BCUT2D eigenvalue weighted by Crippen LogP contribution is 2.19. The molecular weight excluding hydrogens is 230 g/mol. The Morgan fingerprint density at radius 1 is 1.28 bits per heavy atom. The fraction of sp³-hybridized carbons (Fsp3) is 0.571. The van der Waals surface area contributed by atoms with Gasteiger partial charge in [0.2, 0.25) is 0 Å². The van der Waals surface area contributed by atoms with Crippen LogP contribution in [0.25, 0.3) is 0 Å². The van der Waals surface area contributed by atoms with Crippen LogP contribution in [-0.4, -0.2) is 30.5 Å². The normalized spacial score (nSPS) is 12.8. The molecule has 0 bridgehead atoms. The van der Waals surface area contributed by atoms with Gasteiger partial charge in [0.05, 0.1) is 12.7 Å². The van der Waals surface area contributed by atoms with Crippen molar-refractivity contribution in [1.29, 1.82) is 0 Å². The van der Waals surface area contributed by atoms with Crippen molar-refractivity contribution in [2.45, 2.75) is 39.5 Å². The van der Waals surface area contributed by atoms with Crippen LogP contribution in [0.4, 0.5) is 0 Å². The monoisotopic (exact) mass is 253 g/mol. The van der Waals surface area contributed by atoms with Gasteiger partial charge in [-0.25, -0.2) is 0 Å². The molecule has 1 aromatic rings. The number of aliphatic hydroxyl groups excluding tert-OH is 1. The van der Waals surface area contributed by atoms with Crippen LogP contribution in [0, 0.1) is 6.92 Å². The minimum Gasteiger partial charge on any atom is -0.490 e. The fourth-order valence-electron chi connectivity index (χ4n) is 1.55. The summed E-state index contributed by atoms with van der Waals surface area (Å²) in [5, 5.41) is 9.70. The van der Waals surface area contributed by atoms with E-state index < -0.39 is 6.10 Å². The number of hydrogen-bond acceptors (Lipinski definition) is 4. The lowest BCUT2D eigenvalue weighted by atomic mass is 10.1. The lowest BCUT2D eigenvalue weighted by Crippen LogP contribution is -2.25. The van der Waals surface area contributed by atoms with Crippen LogP contribution in [0.1, 0.15) is 25.0 Å². The number of benzene rings is 1. The molecule has 0 fully saturated rings. The third kappa shape index (κ3) is 5.04. The van der Waals surface area contributed by atoms with Gasteiger partial charge in [0.1, 0.15) is 18.5 Å². The summed E-state index contributed by atoms with van der Waals surface area (Å²) < 4.78 is 10.9. The molecule has 4 nitrogen and oxygen atoms in total. The van der Waals surface area contributed by atoms with Crippen LogP contribution in [0.2, 0.25) is 0 Å². The Labute approximate surface area is 109 Å². The zero-order valence-electron chi connectivity index (χ0n) is 11.3. The molecule has 0 saturated carbocycles. The van der Waals surface area contributed by atoms with Gasteiger partial charge < -0.3 is 20.3 Å². The van der Waals surface area contributed by atoms with Crippen LogP contribution < -0.4 is 10.5 Å². The zero-order valence-corrected chi connectivity index (χ0v) is 11.3. The molecule has 0 amide bonds. The molecule has 0 radical (unpaired) electrons. The Bertz CT molecular complexity index is 366. The van der Waals surface area contributed by atoms with Crippen molar-refractivity contribution in [2.75, 3.05) is 13.2 Å². The summed E-state index contributed by atoms with van der Waals surface area (Å²) >= 11 is 0. The van der Waals surface area contributed by atoms with Crippen molar-refractivity contribution >= 4 is 0 Å². The Morgan fingerprint density at radius 2 is 2.00 bits per heavy atom. The predicted molar refractivity (Wildman–Crippen MR) is 71.7 cm³/mol. The maximum absolute atomic E-state index is 9.70. The van der Waals surface area contributed by atoms with Gasteiger partial charge in [-0.05, 0) is 26.8 Å². The Balaban J connectivity index is 2.47. The molecule has 1 aromatic carbocycles. The Morgan fingerprint density at radius 3 is 2.61 bits per heavy atom. The van der Waals surface area contributed by atoms with Crippen molar-refractivity contribution in [3.8, 4) is 5.75 Å². The first-order valence-corrected chi connectivity index (χ1v) is 6.25. The van der Waals surface area contributed by atoms with E-state index in [4.69, 9.17) is 15.2 Å². The number of rotatable bonds is 7. The summed E-state index contributed by atoms with van der Waals surface area (Å²) in [5.74, 6) is 0.728. The van der Waals surface area contributed by atoms with Crippen molar-refractivity contribution < 1.29 is 14.6 Å². The molecule has 0 aliphatic rings. The van der Waals surface area contributed by atoms with E-state index in [0.29, 0.717) is 6.54 Å².